The number of carbonyl (C=O) groups excluding carboxylic acids is 1. The SMILES string of the molecule is O=C(NCc1cncn1C1CC1)Nc1ccnn1Cc1ccco1. The summed E-state index contributed by atoms with van der Waals surface area (Å²) in [5.41, 5.74) is 1.01. The van der Waals surface area contributed by atoms with Gasteiger partial charge in [0, 0.05) is 18.3 Å². The third-order valence-corrected chi connectivity index (χ3v) is 3.96. The summed E-state index contributed by atoms with van der Waals surface area (Å²) in [5, 5.41) is 9.87. The molecular formula is C16H18N6O2. The van der Waals surface area contributed by atoms with Gasteiger partial charge < -0.3 is 14.3 Å². The number of carbonyl (C=O) groups is 1. The summed E-state index contributed by atoms with van der Waals surface area (Å²) in [4.78, 5) is 16.3. The van der Waals surface area contributed by atoms with E-state index in [2.05, 4.69) is 25.3 Å². The summed E-state index contributed by atoms with van der Waals surface area (Å²) in [6, 6.07) is 5.70. The average molecular weight is 326 g/mol. The molecule has 1 aliphatic carbocycles. The Morgan fingerprint density at radius 3 is 3.08 bits per heavy atom. The van der Waals surface area contributed by atoms with E-state index in [1.54, 1.807) is 29.4 Å². The zero-order chi connectivity index (χ0) is 16.4. The van der Waals surface area contributed by atoms with Gasteiger partial charge in [0.15, 0.2) is 0 Å². The van der Waals surface area contributed by atoms with E-state index >= 15 is 0 Å². The molecule has 3 aromatic heterocycles. The molecule has 0 aromatic carbocycles. The van der Waals surface area contributed by atoms with Gasteiger partial charge >= 0.3 is 6.03 Å². The van der Waals surface area contributed by atoms with Crippen LogP contribution in [0.2, 0.25) is 0 Å². The van der Waals surface area contributed by atoms with E-state index in [0.717, 1.165) is 11.5 Å². The topological polar surface area (TPSA) is 89.9 Å². The first-order valence-electron chi connectivity index (χ1n) is 7.89. The molecule has 1 saturated carbocycles. The maximum atomic E-state index is 12.1. The second-order valence-corrected chi connectivity index (χ2v) is 5.78. The number of amides is 2. The molecule has 124 valence electrons. The zero-order valence-electron chi connectivity index (χ0n) is 13.1. The molecule has 1 fully saturated rings. The molecule has 2 amide bonds. The van der Waals surface area contributed by atoms with Crippen LogP contribution in [0.1, 0.15) is 30.3 Å². The highest BCUT2D eigenvalue weighted by atomic mass is 16.3. The molecular weight excluding hydrogens is 308 g/mol. The molecule has 3 heterocycles. The monoisotopic (exact) mass is 326 g/mol. The van der Waals surface area contributed by atoms with Crippen LogP contribution < -0.4 is 10.6 Å². The molecule has 0 aliphatic heterocycles. The normalized spacial score (nSPS) is 13.8. The Bertz CT molecular complexity index is 815. The van der Waals surface area contributed by atoms with Crippen molar-refractivity contribution in [2.24, 2.45) is 0 Å². The zero-order valence-corrected chi connectivity index (χ0v) is 13.1. The molecule has 2 N–H and O–H groups in total. The minimum Gasteiger partial charge on any atom is -0.467 e. The van der Waals surface area contributed by atoms with Crippen molar-refractivity contribution in [1.29, 1.82) is 0 Å². The van der Waals surface area contributed by atoms with Crippen LogP contribution in [-0.4, -0.2) is 25.4 Å². The van der Waals surface area contributed by atoms with E-state index in [-0.39, 0.29) is 6.03 Å². The van der Waals surface area contributed by atoms with Gasteiger partial charge in [-0.25, -0.2) is 14.5 Å². The van der Waals surface area contributed by atoms with Crippen LogP contribution in [-0.2, 0) is 13.1 Å². The fourth-order valence-corrected chi connectivity index (χ4v) is 2.60. The van der Waals surface area contributed by atoms with E-state index in [4.69, 9.17) is 4.42 Å². The third-order valence-electron chi connectivity index (χ3n) is 3.96. The first kappa shape index (κ1) is 14.6. The largest absolute Gasteiger partial charge is 0.467 e. The molecule has 0 spiro atoms. The molecule has 0 saturated heterocycles. The Hall–Kier alpha value is -3.03. The van der Waals surface area contributed by atoms with Crippen LogP contribution in [0, 0.1) is 0 Å². The highest BCUT2D eigenvalue weighted by Gasteiger charge is 2.25. The van der Waals surface area contributed by atoms with Gasteiger partial charge in [-0.15, -0.1) is 0 Å². The molecule has 4 rings (SSSR count). The van der Waals surface area contributed by atoms with Gasteiger partial charge in [-0.3, -0.25) is 5.32 Å². The van der Waals surface area contributed by atoms with E-state index < -0.39 is 0 Å². The van der Waals surface area contributed by atoms with Crippen molar-refractivity contribution in [2.75, 3.05) is 5.32 Å². The number of urea groups is 1. The van der Waals surface area contributed by atoms with Gasteiger partial charge in [0.05, 0.1) is 31.0 Å². The van der Waals surface area contributed by atoms with Crippen LogP contribution >= 0.6 is 0 Å². The van der Waals surface area contributed by atoms with Crippen molar-refractivity contribution >= 4 is 11.8 Å². The van der Waals surface area contributed by atoms with Crippen LogP contribution in [0.4, 0.5) is 10.6 Å². The Balaban J connectivity index is 1.34. The van der Waals surface area contributed by atoms with Crippen molar-refractivity contribution in [1.82, 2.24) is 24.6 Å². The molecule has 3 aromatic rings. The fraction of sp³-hybridized carbons (Fsp3) is 0.312. The minimum absolute atomic E-state index is 0.278. The Morgan fingerprint density at radius 2 is 2.29 bits per heavy atom. The van der Waals surface area contributed by atoms with Gasteiger partial charge in [0.2, 0.25) is 0 Å². The highest BCUT2D eigenvalue weighted by Crippen LogP contribution is 2.35. The van der Waals surface area contributed by atoms with Gasteiger partial charge in [-0.1, -0.05) is 0 Å². The van der Waals surface area contributed by atoms with E-state index in [1.165, 1.54) is 12.8 Å². The maximum absolute atomic E-state index is 12.1. The summed E-state index contributed by atoms with van der Waals surface area (Å²) in [6.07, 6.45) is 9.23. The van der Waals surface area contributed by atoms with Crippen molar-refractivity contribution < 1.29 is 9.21 Å². The summed E-state index contributed by atoms with van der Waals surface area (Å²) in [7, 11) is 0. The van der Waals surface area contributed by atoms with Crippen LogP contribution in [0.25, 0.3) is 0 Å². The van der Waals surface area contributed by atoms with Gasteiger partial charge in [-0.05, 0) is 25.0 Å². The molecule has 1 aliphatic rings. The van der Waals surface area contributed by atoms with Gasteiger partial charge in [-0.2, -0.15) is 5.10 Å². The predicted octanol–water partition coefficient (Wildman–Crippen LogP) is 2.38. The number of rotatable bonds is 6. The summed E-state index contributed by atoms with van der Waals surface area (Å²) >= 11 is 0. The van der Waals surface area contributed by atoms with Crippen molar-refractivity contribution in [3.8, 4) is 0 Å². The first-order valence-corrected chi connectivity index (χ1v) is 7.89. The number of nitrogens with one attached hydrogen (secondary N) is 2. The minimum atomic E-state index is -0.278. The lowest BCUT2D eigenvalue weighted by Gasteiger charge is -2.10. The average Bonchev–Trinajstić information content (AvgIpc) is 2.99. The lowest BCUT2D eigenvalue weighted by molar-refractivity contribution is 0.251. The summed E-state index contributed by atoms with van der Waals surface area (Å²) < 4.78 is 9.11. The van der Waals surface area contributed by atoms with E-state index in [1.807, 2.05) is 18.5 Å². The van der Waals surface area contributed by atoms with Crippen molar-refractivity contribution in [2.45, 2.75) is 32.0 Å². The highest BCUT2D eigenvalue weighted by molar-refractivity contribution is 5.88. The number of imidazole rings is 1. The molecule has 0 atom stereocenters. The standard InChI is InChI=1S/C16H18N6O2/c23-16(18-9-13-8-17-11-21(13)12-3-4-12)20-15-5-6-19-22(15)10-14-2-1-7-24-14/h1-2,5-8,11-12H,3-4,9-10H2,(H2,18,20,23). The number of furan rings is 1. The van der Waals surface area contributed by atoms with Crippen LogP contribution in [0.15, 0.2) is 47.6 Å². The Morgan fingerprint density at radius 1 is 1.38 bits per heavy atom. The molecule has 8 heteroatoms. The van der Waals surface area contributed by atoms with Crippen LogP contribution in [0.3, 0.4) is 0 Å². The smallest absolute Gasteiger partial charge is 0.320 e. The van der Waals surface area contributed by atoms with E-state index in [9.17, 15) is 4.79 Å². The lowest BCUT2D eigenvalue weighted by atomic mass is 10.4. The second kappa shape index (κ2) is 6.23. The lowest BCUT2D eigenvalue weighted by Crippen LogP contribution is -2.30. The van der Waals surface area contributed by atoms with Gasteiger partial charge in [0.25, 0.3) is 0 Å². The third kappa shape index (κ3) is 3.17. The van der Waals surface area contributed by atoms with E-state index in [0.29, 0.717) is 24.9 Å². The molecule has 24 heavy (non-hydrogen) atoms. The molecule has 0 bridgehead atoms. The second-order valence-electron chi connectivity index (χ2n) is 5.78. The summed E-state index contributed by atoms with van der Waals surface area (Å²) in [5.74, 6) is 1.38. The number of hydrogen-bond acceptors (Lipinski definition) is 4. The quantitative estimate of drug-likeness (QED) is 0.728. The number of hydrogen-bond donors (Lipinski definition) is 2. The Kier molecular flexibility index (Phi) is 3.78. The summed E-state index contributed by atoms with van der Waals surface area (Å²) in [6.45, 7) is 0.902. The number of nitrogens with zero attached hydrogens (tertiary/aromatic N) is 4. The maximum Gasteiger partial charge on any atom is 0.320 e. The molecule has 0 radical (unpaired) electrons. The van der Waals surface area contributed by atoms with Crippen LogP contribution in [0.5, 0.6) is 0 Å². The molecule has 0 unspecified atom stereocenters. The van der Waals surface area contributed by atoms with Gasteiger partial charge in [0.1, 0.15) is 18.1 Å². The predicted molar refractivity (Wildman–Crippen MR) is 86.4 cm³/mol. The fourth-order valence-electron chi connectivity index (χ4n) is 2.60. The number of anilines is 1. The molecule has 8 nitrogen and oxygen atoms in total. The number of aromatic nitrogens is 4. The van der Waals surface area contributed by atoms with Crippen molar-refractivity contribution in [3.63, 3.8) is 0 Å². The van der Waals surface area contributed by atoms with Crippen molar-refractivity contribution in [3.05, 3.63) is 54.6 Å². The first-order chi connectivity index (χ1) is 11.8. The Labute approximate surface area is 138 Å².